The molecule has 0 saturated heterocycles. The van der Waals surface area contributed by atoms with Crippen LogP contribution in [0.15, 0.2) is 36.4 Å². The second-order valence-corrected chi connectivity index (χ2v) is 4.73. The van der Waals surface area contributed by atoms with Crippen molar-refractivity contribution in [3.8, 4) is 0 Å². The average Bonchev–Trinajstić information content (AvgIpc) is 2.31. The van der Waals surface area contributed by atoms with E-state index in [1.165, 1.54) is 27.5 Å². The van der Waals surface area contributed by atoms with Crippen molar-refractivity contribution < 1.29 is 0 Å². The Labute approximate surface area is 101 Å². The topological polar surface area (TPSA) is 12.9 Å². The molecule has 0 bridgehead atoms. The number of hydrogen-bond acceptors (Lipinski definition) is 1. The van der Waals surface area contributed by atoms with E-state index in [1.54, 1.807) is 0 Å². The quantitative estimate of drug-likeness (QED) is 0.515. The zero-order valence-electron chi connectivity index (χ0n) is 10.4. The molecule has 0 aliphatic heterocycles. The second kappa shape index (κ2) is 3.56. The number of para-hydroxylation sites is 1. The van der Waals surface area contributed by atoms with Crippen LogP contribution in [-0.2, 0) is 0 Å². The molecule has 1 heteroatoms. The van der Waals surface area contributed by atoms with Gasteiger partial charge in [0.25, 0.3) is 0 Å². The Bertz CT molecular complexity index is 726. The number of benzene rings is 2. The summed E-state index contributed by atoms with van der Waals surface area (Å²) in [6, 6.07) is 12.8. The fourth-order valence-corrected chi connectivity index (χ4v) is 2.55. The maximum absolute atomic E-state index is 4.78. The third-order valence-electron chi connectivity index (χ3n) is 3.39. The van der Waals surface area contributed by atoms with E-state index in [1.807, 2.05) is 6.07 Å². The standard InChI is InChI=1S/C16H15N/c1-10-8-11(2)16-14(9-10)12(3)13-6-4-5-7-15(13)17-16/h4-9H,1-3H3. The fourth-order valence-electron chi connectivity index (χ4n) is 2.55. The summed E-state index contributed by atoms with van der Waals surface area (Å²) in [6.45, 7) is 6.46. The Morgan fingerprint density at radius 2 is 1.65 bits per heavy atom. The van der Waals surface area contributed by atoms with Crippen LogP contribution in [0.3, 0.4) is 0 Å². The van der Waals surface area contributed by atoms with Crippen molar-refractivity contribution in [2.24, 2.45) is 0 Å². The van der Waals surface area contributed by atoms with Crippen LogP contribution >= 0.6 is 0 Å². The molecule has 1 aromatic heterocycles. The first-order chi connectivity index (χ1) is 8.16. The maximum Gasteiger partial charge on any atom is 0.0741 e. The first kappa shape index (κ1) is 10.3. The van der Waals surface area contributed by atoms with Crippen molar-refractivity contribution in [1.82, 2.24) is 4.98 Å². The Hall–Kier alpha value is -1.89. The molecule has 0 amide bonds. The molecule has 1 nitrogen and oxygen atoms in total. The van der Waals surface area contributed by atoms with E-state index in [9.17, 15) is 0 Å². The van der Waals surface area contributed by atoms with Gasteiger partial charge >= 0.3 is 0 Å². The predicted molar refractivity (Wildman–Crippen MR) is 73.5 cm³/mol. The van der Waals surface area contributed by atoms with Gasteiger partial charge in [-0.05, 0) is 44.0 Å². The molecule has 0 aliphatic rings. The molecule has 0 fully saturated rings. The van der Waals surface area contributed by atoms with Crippen molar-refractivity contribution in [2.75, 3.05) is 0 Å². The molecule has 0 atom stereocenters. The number of aryl methyl sites for hydroxylation is 3. The molecule has 84 valence electrons. The minimum atomic E-state index is 1.09. The van der Waals surface area contributed by atoms with Crippen molar-refractivity contribution in [3.05, 3.63) is 53.1 Å². The van der Waals surface area contributed by atoms with Gasteiger partial charge < -0.3 is 0 Å². The van der Waals surface area contributed by atoms with Crippen molar-refractivity contribution in [1.29, 1.82) is 0 Å². The zero-order valence-corrected chi connectivity index (χ0v) is 10.4. The van der Waals surface area contributed by atoms with Gasteiger partial charge in [-0.15, -0.1) is 0 Å². The number of pyridine rings is 1. The largest absolute Gasteiger partial charge is 0.247 e. The molecular weight excluding hydrogens is 206 g/mol. The number of rotatable bonds is 0. The van der Waals surface area contributed by atoms with Crippen LogP contribution in [0, 0.1) is 20.8 Å². The predicted octanol–water partition coefficient (Wildman–Crippen LogP) is 4.31. The lowest BCUT2D eigenvalue weighted by atomic mass is 10.00. The molecule has 0 spiro atoms. The summed E-state index contributed by atoms with van der Waals surface area (Å²) in [4.78, 5) is 4.78. The summed E-state index contributed by atoms with van der Waals surface area (Å²) in [7, 11) is 0. The van der Waals surface area contributed by atoms with E-state index in [0.29, 0.717) is 0 Å². The monoisotopic (exact) mass is 221 g/mol. The molecule has 1 heterocycles. The van der Waals surface area contributed by atoms with Gasteiger partial charge in [-0.2, -0.15) is 0 Å². The van der Waals surface area contributed by atoms with Gasteiger partial charge in [0.05, 0.1) is 11.0 Å². The lowest BCUT2D eigenvalue weighted by molar-refractivity contribution is 1.36. The van der Waals surface area contributed by atoms with E-state index in [4.69, 9.17) is 4.98 Å². The summed E-state index contributed by atoms with van der Waals surface area (Å²) >= 11 is 0. The number of hydrogen-bond donors (Lipinski definition) is 0. The fraction of sp³-hybridized carbons (Fsp3) is 0.188. The Balaban J connectivity index is 2.59. The zero-order chi connectivity index (χ0) is 12.0. The molecule has 17 heavy (non-hydrogen) atoms. The molecule has 0 N–H and O–H groups in total. The van der Waals surface area contributed by atoms with Gasteiger partial charge in [0.15, 0.2) is 0 Å². The highest BCUT2D eigenvalue weighted by Gasteiger charge is 2.07. The van der Waals surface area contributed by atoms with E-state index in [2.05, 4.69) is 51.1 Å². The lowest BCUT2D eigenvalue weighted by Crippen LogP contribution is -1.91. The van der Waals surface area contributed by atoms with E-state index < -0.39 is 0 Å². The molecule has 2 aromatic carbocycles. The van der Waals surface area contributed by atoms with Crippen molar-refractivity contribution in [2.45, 2.75) is 20.8 Å². The molecule has 0 radical (unpaired) electrons. The maximum atomic E-state index is 4.78. The normalized spacial score (nSPS) is 11.2. The average molecular weight is 221 g/mol. The van der Waals surface area contributed by atoms with Gasteiger partial charge in [0.2, 0.25) is 0 Å². The Morgan fingerprint density at radius 1 is 0.882 bits per heavy atom. The van der Waals surface area contributed by atoms with Crippen LogP contribution in [0.5, 0.6) is 0 Å². The van der Waals surface area contributed by atoms with Gasteiger partial charge in [-0.1, -0.05) is 29.8 Å². The van der Waals surface area contributed by atoms with Crippen LogP contribution < -0.4 is 0 Å². The summed E-state index contributed by atoms with van der Waals surface area (Å²) in [5, 5.41) is 2.53. The number of nitrogens with zero attached hydrogens (tertiary/aromatic N) is 1. The van der Waals surface area contributed by atoms with Gasteiger partial charge in [-0.3, -0.25) is 0 Å². The Morgan fingerprint density at radius 3 is 2.47 bits per heavy atom. The summed E-state index contributed by atoms with van der Waals surface area (Å²) in [5.41, 5.74) is 6.11. The highest BCUT2D eigenvalue weighted by atomic mass is 14.7. The third-order valence-corrected chi connectivity index (χ3v) is 3.39. The summed E-state index contributed by atoms with van der Waals surface area (Å²) in [5.74, 6) is 0. The van der Waals surface area contributed by atoms with Crippen LogP contribution in [0.2, 0.25) is 0 Å². The first-order valence-electron chi connectivity index (χ1n) is 5.93. The second-order valence-electron chi connectivity index (χ2n) is 4.73. The lowest BCUT2D eigenvalue weighted by Gasteiger charge is -2.09. The molecule has 3 rings (SSSR count). The molecule has 0 unspecified atom stereocenters. The first-order valence-corrected chi connectivity index (χ1v) is 5.93. The van der Waals surface area contributed by atoms with Crippen LogP contribution in [0.25, 0.3) is 21.8 Å². The van der Waals surface area contributed by atoms with Crippen LogP contribution in [0.1, 0.15) is 16.7 Å². The minimum absolute atomic E-state index is 1.09. The number of aromatic nitrogens is 1. The summed E-state index contributed by atoms with van der Waals surface area (Å²) < 4.78 is 0. The molecule has 0 saturated carbocycles. The highest BCUT2D eigenvalue weighted by Crippen LogP contribution is 2.27. The van der Waals surface area contributed by atoms with E-state index in [-0.39, 0.29) is 0 Å². The van der Waals surface area contributed by atoms with Crippen LogP contribution in [-0.4, -0.2) is 4.98 Å². The Kier molecular flexibility index (Phi) is 2.15. The minimum Gasteiger partial charge on any atom is -0.247 e. The van der Waals surface area contributed by atoms with Gasteiger partial charge in [0, 0.05) is 10.8 Å². The van der Waals surface area contributed by atoms with Crippen molar-refractivity contribution in [3.63, 3.8) is 0 Å². The smallest absolute Gasteiger partial charge is 0.0741 e. The van der Waals surface area contributed by atoms with Crippen LogP contribution in [0.4, 0.5) is 0 Å². The SMILES string of the molecule is Cc1cc(C)c2nc3ccccc3c(C)c2c1. The third kappa shape index (κ3) is 1.50. The summed E-state index contributed by atoms with van der Waals surface area (Å²) in [6.07, 6.45) is 0. The van der Waals surface area contributed by atoms with Gasteiger partial charge in [0.1, 0.15) is 0 Å². The molecule has 3 aromatic rings. The van der Waals surface area contributed by atoms with E-state index in [0.717, 1.165) is 11.0 Å². The highest BCUT2D eigenvalue weighted by molar-refractivity contribution is 5.98. The molecular formula is C16H15N. The van der Waals surface area contributed by atoms with Crippen molar-refractivity contribution >= 4 is 21.8 Å². The number of fused-ring (bicyclic) bond motifs is 2. The molecule has 0 aliphatic carbocycles. The van der Waals surface area contributed by atoms with E-state index >= 15 is 0 Å². The van der Waals surface area contributed by atoms with Gasteiger partial charge in [-0.25, -0.2) is 4.98 Å².